The van der Waals surface area contributed by atoms with Crippen LogP contribution in [0.3, 0.4) is 0 Å². The molecule has 0 bridgehead atoms. The van der Waals surface area contributed by atoms with Crippen LogP contribution in [0.4, 0.5) is 10.5 Å². The molecule has 2 aromatic carbocycles. The number of aromatic hydroxyl groups is 1. The van der Waals surface area contributed by atoms with Gasteiger partial charge in [-0.1, -0.05) is 25.1 Å². The van der Waals surface area contributed by atoms with Crippen LogP contribution in [0.25, 0.3) is 0 Å². The maximum atomic E-state index is 12.3. The van der Waals surface area contributed by atoms with E-state index in [0.29, 0.717) is 16.8 Å². The van der Waals surface area contributed by atoms with Crippen LogP contribution in [0.2, 0.25) is 0 Å². The van der Waals surface area contributed by atoms with Gasteiger partial charge in [0.15, 0.2) is 0 Å². The van der Waals surface area contributed by atoms with Crippen molar-refractivity contribution in [2.45, 2.75) is 13.0 Å². The molecule has 0 saturated carbocycles. The highest BCUT2D eigenvalue weighted by Crippen LogP contribution is 2.29. The molecule has 0 radical (unpaired) electrons. The minimum Gasteiger partial charge on any atom is -0.508 e. The van der Waals surface area contributed by atoms with E-state index >= 15 is 0 Å². The van der Waals surface area contributed by atoms with Crippen LogP contribution in [-0.2, 0) is 9.53 Å². The smallest absolute Gasteiger partial charge is 0.412 e. The number of hydrogen-bond donors (Lipinski definition) is 4. The number of phenols is 1. The molecule has 2 atom stereocenters. The van der Waals surface area contributed by atoms with Gasteiger partial charge in [0, 0.05) is 17.7 Å². The van der Waals surface area contributed by atoms with Crippen LogP contribution in [0, 0.1) is 17.2 Å². The maximum absolute atomic E-state index is 12.3. The molecule has 0 saturated heterocycles. The molecule has 28 heavy (non-hydrogen) atoms. The van der Waals surface area contributed by atoms with E-state index in [-0.39, 0.29) is 5.75 Å². The van der Waals surface area contributed by atoms with Crippen LogP contribution in [0.15, 0.2) is 60.7 Å². The van der Waals surface area contributed by atoms with Gasteiger partial charge in [0.25, 0.3) is 5.91 Å². The van der Waals surface area contributed by atoms with Gasteiger partial charge < -0.3 is 9.84 Å². The van der Waals surface area contributed by atoms with E-state index in [9.17, 15) is 14.7 Å². The third kappa shape index (κ3) is 5.86. The van der Waals surface area contributed by atoms with Gasteiger partial charge in [-0.25, -0.2) is 10.3 Å². The molecule has 0 aliphatic carbocycles. The number of hydrogen-bond acceptors (Lipinski definition) is 6. The minimum absolute atomic E-state index is 0.0624. The number of carbonyl (C=O) groups excluding carboxylic acids is 2. The largest absolute Gasteiger partial charge is 0.508 e. The van der Waals surface area contributed by atoms with Gasteiger partial charge >= 0.3 is 6.09 Å². The van der Waals surface area contributed by atoms with Crippen LogP contribution >= 0.6 is 0 Å². The lowest BCUT2D eigenvalue weighted by molar-refractivity contribution is -0.124. The highest BCUT2D eigenvalue weighted by atomic mass is 16.6. The fraction of sp³-hybridized carbons (Fsp3) is 0.150. The molecule has 0 heterocycles. The molecular formula is C20H19N3O5. The zero-order valence-corrected chi connectivity index (χ0v) is 15.0. The van der Waals surface area contributed by atoms with Gasteiger partial charge in [-0.2, -0.15) is 5.26 Å². The zero-order chi connectivity index (χ0) is 20.5. The van der Waals surface area contributed by atoms with E-state index < -0.39 is 24.0 Å². The first kappa shape index (κ1) is 20.5. The molecule has 8 heteroatoms. The quantitative estimate of drug-likeness (QED) is 0.345. The van der Waals surface area contributed by atoms with Gasteiger partial charge in [0.05, 0.1) is 11.6 Å². The van der Waals surface area contributed by atoms with Crippen LogP contribution < -0.4 is 10.8 Å². The number of ether oxygens (including phenoxy) is 1. The Kier molecular flexibility index (Phi) is 7.13. The first-order valence-corrected chi connectivity index (χ1v) is 8.32. The average molecular weight is 381 g/mol. The molecule has 0 fully saturated rings. The molecule has 2 aromatic rings. The van der Waals surface area contributed by atoms with E-state index in [4.69, 9.17) is 15.2 Å². The van der Waals surface area contributed by atoms with Crippen molar-refractivity contribution in [1.82, 2.24) is 5.48 Å². The number of rotatable bonds is 6. The number of carbonyl (C=O) groups is 2. The minimum atomic E-state index is -0.762. The second kappa shape index (κ2) is 9.75. The summed E-state index contributed by atoms with van der Waals surface area (Å²) in [5.41, 5.74) is 3.01. The third-order valence-corrected chi connectivity index (χ3v) is 3.85. The van der Waals surface area contributed by atoms with Crippen molar-refractivity contribution in [3.8, 4) is 11.8 Å². The normalized spacial score (nSPS) is 12.6. The van der Waals surface area contributed by atoms with Crippen LogP contribution in [0.5, 0.6) is 5.75 Å². The Hall–Kier alpha value is -3.83. The first-order chi connectivity index (χ1) is 13.4. The van der Waals surface area contributed by atoms with Gasteiger partial charge in [0.1, 0.15) is 11.9 Å². The lowest BCUT2D eigenvalue weighted by Crippen LogP contribution is -2.22. The number of amides is 2. The van der Waals surface area contributed by atoms with Crippen molar-refractivity contribution < 1.29 is 24.6 Å². The Balaban J connectivity index is 2.16. The monoisotopic (exact) mass is 381 g/mol. The Labute approximate surface area is 161 Å². The third-order valence-electron chi connectivity index (χ3n) is 3.85. The molecule has 0 aliphatic heterocycles. The second-order valence-electron chi connectivity index (χ2n) is 5.93. The Morgan fingerprint density at radius 2 is 1.79 bits per heavy atom. The molecule has 2 amide bonds. The van der Waals surface area contributed by atoms with Crippen molar-refractivity contribution in [1.29, 1.82) is 5.26 Å². The fourth-order valence-electron chi connectivity index (χ4n) is 2.41. The topological polar surface area (TPSA) is 132 Å². The van der Waals surface area contributed by atoms with E-state index in [2.05, 4.69) is 5.32 Å². The summed E-state index contributed by atoms with van der Waals surface area (Å²) in [6.07, 6.45) is 1.12. The summed E-state index contributed by atoms with van der Waals surface area (Å²) >= 11 is 0. The van der Waals surface area contributed by atoms with Crippen molar-refractivity contribution in [3.63, 3.8) is 0 Å². The molecule has 144 valence electrons. The number of benzene rings is 2. The van der Waals surface area contributed by atoms with Crippen LogP contribution in [0.1, 0.15) is 24.2 Å². The van der Waals surface area contributed by atoms with Crippen LogP contribution in [-0.4, -0.2) is 22.3 Å². The average Bonchev–Trinajstić information content (AvgIpc) is 2.71. The van der Waals surface area contributed by atoms with Gasteiger partial charge in [-0.05, 0) is 42.0 Å². The summed E-state index contributed by atoms with van der Waals surface area (Å²) in [5, 5.41) is 29.4. The number of hydroxylamine groups is 1. The highest BCUT2D eigenvalue weighted by Gasteiger charge is 2.22. The standard InChI is InChI=1S/C20H19N3O5/c1-13(2-11-18(25)23-27)19(15-5-9-17(24)10-6-15)28-20(26)22-16-7-3-14(12-21)4-8-16/h2-11,13,19,24,27H,1H3,(H,22,26)(H,23,25)/b11-2+/t13-,19+/m1/s1. The molecule has 0 unspecified atom stereocenters. The van der Waals surface area contributed by atoms with E-state index in [1.165, 1.54) is 23.7 Å². The summed E-state index contributed by atoms with van der Waals surface area (Å²) < 4.78 is 5.52. The maximum Gasteiger partial charge on any atom is 0.412 e. The Morgan fingerprint density at radius 3 is 2.36 bits per heavy atom. The zero-order valence-electron chi connectivity index (χ0n) is 15.0. The summed E-state index contributed by atoms with van der Waals surface area (Å²) in [6, 6.07) is 14.4. The highest BCUT2D eigenvalue weighted by molar-refractivity contribution is 5.86. The number of anilines is 1. The van der Waals surface area contributed by atoms with Crippen molar-refractivity contribution in [2.24, 2.45) is 5.92 Å². The first-order valence-electron chi connectivity index (χ1n) is 8.32. The van der Waals surface area contributed by atoms with Crippen molar-refractivity contribution in [2.75, 3.05) is 5.32 Å². The summed E-state index contributed by atoms with van der Waals surface area (Å²) in [6.45, 7) is 1.73. The summed E-state index contributed by atoms with van der Waals surface area (Å²) in [7, 11) is 0. The SMILES string of the molecule is C[C@H](/C=C/C(=O)NO)[C@H](OC(=O)Nc1ccc(C#N)cc1)c1ccc(O)cc1. The molecule has 4 N–H and O–H groups in total. The molecule has 0 aliphatic rings. The Morgan fingerprint density at radius 1 is 1.14 bits per heavy atom. The predicted molar refractivity (Wildman–Crippen MR) is 100 cm³/mol. The van der Waals surface area contributed by atoms with Crippen molar-refractivity contribution >= 4 is 17.7 Å². The predicted octanol–water partition coefficient (Wildman–Crippen LogP) is 3.25. The number of phenolic OH excluding ortho intramolecular Hbond substituents is 1. The van der Waals surface area contributed by atoms with E-state index in [0.717, 1.165) is 6.08 Å². The lowest BCUT2D eigenvalue weighted by atomic mass is 9.96. The van der Waals surface area contributed by atoms with Crippen molar-refractivity contribution in [3.05, 3.63) is 71.8 Å². The second-order valence-corrected chi connectivity index (χ2v) is 5.93. The van der Waals surface area contributed by atoms with E-state index in [1.807, 2.05) is 6.07 Å². The lowest BCUT2D eigenvalue weighted by Gasteiger charge is -2.23. The van der Waals surface area contributed by atoms with Gasteiger partial charge in [0.2, 0.25) is 0 Å². The number of nitriles is 1. The van der Waals surface area contributed by atoms with E-state index in [1.54, 1.807) is 43.3 Å². The number of nitrogens with zero attached hydrogens (tertiary/aromatic N) is 1. The van der Waals surface area contributed by atoms with Gasteiger partial charge in [-0.3, -0.25) is 15.3 Å². The Bertz CT molecular complexity index is 886. The van der Waals surface area contributed by atoms with Gasteiger partial charge in [-0.15, -0.1) is 0 Å². The molecule has 0 spiro atoms. The molecular weight excluding hydrogens is 362 g/mol. The summed E-state index contributed by atoms with van der Waals surface area (Å²) in [4.78, 5) is 23.5. The summed E-state index contributed by atoms with van der Waals surface area (Å²) in [5.74, 6) is -1.07. The number of nitrogens with one attached hydrogen (secondary N) is 2. The molecule has 2 rings (SSSR count). The molecule has 8 nitrogen and oxygen atoms in total. The fourth-order valence-corrected chi connectivity index (χ4v) is 2.41. The molecule has 0 aromatic heterocycles.